The van der Waals surface area contributed by atoms with Crippen LogP contribution in [0.5, 0.6) is 0 Å². The van der Waals surface area contributed by atoms with Crippen molar-refractivity contribution in [2.45, 2.75) is 33.2 Å². The second kappa shape index (κ2) is 5.09. The average Bonchev–Trinajstić information content (AvgIpc) is 2.78. The van der Waals surface area contributed by atoms with Gasteiger partial charge in [-0.25, -0.2) is 0 Å². The van der Waals surface area contributed by atoms with Gasteiger partial charge in [0.1, 0.15) is 0 Å². The van der Waals surface area contributed by atoms with Gasteiger partial charge in [0.15, 0.2) is 0 Å². The van der Waals surface area contributed by atoms with Crippen LogP contribution < -0.4 is 10.6 Å². The summed E-state index contributed by atoms with van der Waals surface area (Å²) >= 11 is 0. The molecule has 17 heavy (non-hydrogen) atoms. The van der Waals surface area contributed by atoms with Crippen molar-refractivity contribution in [1.29, 1.82) is 0 Å². The van der Waals surface area contributed by atoms with Crippen LogP contribution in [-0.4, -0.2) is 13.1 Å². The van der Waals surface area contributed by atoms with E-state index in [0.717, 1.165) is 11.8 Å². The molecule has 0 radical (unpaired) electrons. The lowest BCUT2D eigenvalue weighted by Crippen LogP contribution is -2.23. The Bertz CT molecular complexity index is 371. The first-order chi connectivity index (χ1) is 8.09. The first-order valence-corrected chi connectivity index (χ1v) is 6.69. The van der Waals surface area contributed by atoms with Gasteiger partial charge in [0, 0.05) is 24.8 Å². The molecule has 0 spiro atoms. The maximum absolute atomic E-state index is 6.05. The van der Waals surface area contributed by atoms with Crippen LogP contribution in [0, 0.1) is 11.8 Å². The summed E-state index contributed by atoms with van der Waals surface area (Å²) in [4.78, 5) is 2.50. The van der Waals surface area contributed by atoms with E-state index in [-0.39, 0.29) is 6.04 Å². The molecule has 1 aliphatic heterocycles. The van der Waals surface area contributed by atoms with Crippen molar-refractivity contribution in [3.05, 3.63) is 29.8 Å². The summed E-state index contributed by atoms with van der Waals surface area (Å²) in [5.41, 5.74) is 8.66. The lowest BCUT2D eigenvalue weighted by atomic mass is 9.95. The van der Waals surface area contributed by atoms with E-state index in [9.17, 15) is 0 Å². The topological polar surface area (TPSA) is 29.3 Å². The quantitative estimate of drug-likeness (QED) is 0.867. The van der Waals surface area contributed by atoms with E-state index < -0.39 is 0 Å². The smallest absolute Gasteiger partial charge is 0.0414 e. The molecule has 2 atom stereocenters. The van der Waals surface area contributed by atoms with Crippen LogP contribution in [-0.2, 0) is 0 Å². The summed E-state index contributed by atoms with van der Waals surface area (Å²) in [5.74, 6) is 1.61. The minimum atomic E-state index is 0.115. The van der Waals surface area contributed by atoms with Crippen LogP contribution in [0.4, 0.5) is 5.69 Å². The maximum atomic E-state index is 6.05. The van der Waals surface area contributed by atoms with E-state index >= 15 is 0 Å². The molecule has 1 heterocycles. The number of nitrogens with zero attached hydrogens (tertiary/aromatic N) is 1. The Hall–Kier alpha value is -1.02. The number of rotatable bonds is 3. The van der Waals surface area contributed by atoms with Crippen molar-refractivity contribution in [3.8, 4) is 0 Å². The molecule has 1 saturated heterocycles. The molecule has 1 unspecified atom stereocenters. The molecule has 0 saturated carbocycles. The summed E-state index contributed by atoms with van der Waals surface area (Å²) in [7, 11) is 0. The summed E-state index contributed by atoms with van der Waals surface area (Å²) in [6, 6.07) is 8.68. The highest BCUT2D eigenvalue weighted by Gasteiger charge is 2.26. The molecule has 0 aliphatic carbocycles. The molecule has 1 fully saturated rings. The largest absolute Gasteiger partial charge is 0.371 e. The van der Waals surface area contributed by atoms with Gasteiger partial charge in [-0.2, -0.15) is 0 Å². The Morgan fingerprint density at radius 2 is 1.94 bits per heavy atom. The number of anilines is 1. The standard InChI is InChI=1S/C15H24N2/c1-11(2)13-8-9-17(10-13)15-7-5-4-6-14(15)12(3)16/h4-7,11-13H,8-10,16H2,1-3H3/t12-,13?/m1/s1. The molecule has 94 valence electrons. The number of hydrogen-bond acceptors (Lipinski definition) is 2. The van der Waals surface area contributed by atoms with Gasteiger partial charge in [-0.3, -0.25) is 0 Å². The van der Waals surface area contributed by atoms with Crippen molar-refractivity contribution in [3.63, 3.8) is 0 Å². The fourth-order valence-corrected chi connectivity index (χ4v) is 2.71. The second-order valence-electron chi connectivity index (χ2n) is 5.59. The zero-order chi connectivity index (χ0) is 12.4. The second-order valence-corrected chi connectivity index (χ2v) is 5.59. The molecule has 1 aromatic rings. The molecule has 1 aliphatic rings. The van der Waals surface area contributed by atoms with Crippen molar-refractivity contribution in [2.24, 2.45) is 17.6 Å². The number of nitrogens with two attached hydrogens (primary N) is 1. The lowest BCUT2D eigenvalue weighted by molar-refractivity contribution is 0.422. The SMILES string of the molecule is CC(C)C1CCN(c2ccccc2[C@@H](C)N)C1. The van der Waals surface area contributed by atoms with Gasteiger partial charge < -0.3 is 10.6 Å². The third-order valence-corrected chi connectivity index (χ3v) is 3.94. The molecule has 1 aromatic carbocycles. The van der Waals surface area contributed by atoms with Gasteiger partial charge >= 0.3 is 0 Å². The van der Waals surface area contributed by atoms with E-state index in [4.69, 9.17) is 5.73 Å². The van der Waals surface area contributed by atoms with Crippen LogP contribution >= 0.6 is 0 Å². The minimum absolute atomic E-state index is 0.115. The van der Waals surface area contributed by atoms with E-state index in [0.29, 0.717) is 0 Å². The van der Waals surface area contributed by atoms with Crippen LogP contribution in [0.25, 0.3) is 0 Å². The van der Waals surface area contributed by atoms with E-state index in [1.54, 1.807) is 0 Å². The highest BCUT2D eigenvalue weighted by Crippen LogP contribution is 2.32. The third-order valence-electron chi connectivity index (χ3n) is 3.94. The van der Waals surface area contributed by atoms with Crippen LogP contribution in [0.3, 0.4) is 0 Å². The molecule has 2 heteroatoms. The van der Waals surface area contributed by atoms with Gasteiger partial charge in [0.05, 0.1) is 0 Å². The Labute approximate surface area is 105 Å². The Balaban J connectivity index is 2.18. The number of para-hydroxylation sites is 1. The van der Waals surface area contributed by atoms with Crippen LogP contribution in [0.2, 0.25) is 0 Å². The van der Waals surface area contributed by atoms with Gasteiger partial charge in [-0.05, 0) is 36.8 Å². The molecular weight excluding hydrogens is 208 g/mol. The third kappa shape index (κ3) is 2.63. The number of benzene rings is 1. The highest BCUT2D eigenvalue weighted by atomic mass is 15.2. The molecular formula is C15H24N2. The van der Waals surface area contributed by atoms with E-state index in [1.165, 1.54) is 30.8 Å². The van der Waals surface area contributed by atoms with Gasteiger partial charge in [0.2, 0.25) is 0 Å². The first-order valence-electron chi connectivity index (χ1n) is 6.69. The van der Waals surface area contributed by atoms with Crippen LogP contribution in [0.1, 0.15) is 38.8 Å². The number of hydrogen-bond donors (Lipinski definition) is 1. The molecule has 0 amide bonds. The molecule has 0 bridgehead atoms. The fourth-order valence-electron chi connectivity index (χ4n) is 2.71. The summed E-state index contributed by atoms with van der Waals surface area (Å²) < 4.78 is 0. The van der Waals surface area contributed by atoms with Crippen molar-refractivity contribution >= 4 is 5.69 Å². The lowest BCUT2D eigenvalue weighted by Gasteiger charge is -2.24. The summed E-state index contributed by atoms with van der Waals surface area (Å²) in [5, 5.41) is 0. The molecule has 2 nitrogen and oxygen atoms in total. The summed E-state index contributed by atoms with van der Waals surface area (Å²) in [6.45, 7) is 9.07. The van der Waals surface area contributed by atoms with Gasteiger partial charge in [-0.15, -0.1) is 0 Å². The molecule has 0 aromatic heterocycles. The first kappa shape index (κ1) is 12.4. The summed E-state index contributed by atoms with van der Waals surface area (Å²) in [6.07, 6.45) is 1.31. The maximum Gasteiger partial charge on any atom is 0.0414 e. The predicted molar refractivity (Wildman–Crippen MR) is 74.2 cm³/mol. The Morgan fingerprint density at radius 3 is 2.53 bits per heavy atom. The Kier molecular flexibility index (Phi) is 3.72. The molecule has 2 N–H and O–H groups in total. The van der Waals surface area contributed by atoms with E-state index in [1.807, 2.05) is 0 Å². The Morgan fingerprint density at radius 1 is 1.24 bits per heavy atom. The minimum Gasteiger partial charge on any atom is -0.371 e. The van der Waals surface area contributed by atoms with E-state index in [2.05, 4.69) is 49.9 Å². The van der Waals surface area contributed by atoms with Crippen molar-refractivity contribution in [1.82, 2.24) is 0 Å². The van der Waals surface area contributed by atoms with Gasteiger partial charge in [0.25, 0.3) is 0 Å². The van der Waals surface area contributed by atoms with Crippen LogP contribution in [0.15, 0.2) is 24.3 Å². The van der Waals surface area contributed by atoms with Crippen molar-refractivity contribution in [2.75, 3.05) is 18.0 Å². The molecule has 2 rings (SSSR count). The predicted octanol–water partition coefficient (Wildman–Crippen LogP) is 3.19. The fraction of sp³-hybridized carbons (Fsp3) is 0.600. The highest BCUT2D eigenvalue weighted by molar-refractivity contribution is 5.55. The zero-order valence-electron chi connectivity index (χ0n) is 11.2. The zero-order valence-corrected chi connectivity index (χ0v) is 11.2. The normalized spacial score (nSPS) is 22.2. The monoisotopic (exact) mass is 232 g/mol. The van der Waals surface area contributed by atoms with Gasteiger partial charge in [-0.1, -0.05) is 32.0 Å². The average molecular weight is 232 g/mol. The van der Waals surface area contributed by atoms with Crippen molar-refractivity contribution < 1.29 is 0 Å².